The Morgan fingerprint density at radius 3 is 2.25 bits per heavy atom. The van der Waals surface area contributed by atoms with Crippen molar-refractivity contribution in [3.05, 3.63) is 78.4 Å². The van der Waals surface area contributed by atoms with Crippen LogP contribution in [0.3, 0.4) is 0 Å². The minimum absolute atomic E-state index is 0.0679. The molecule has 0 unspecified atom stereocenters. The predicted molar refractivity (Wildman–Crippen MR) is 151 cm³/mol. The monoisotopic (exact) mass is 546 g/mol. The summed E-state index contributed by atoms with van der Waals surface area (Å²) < 4.78 is 23.6. The average Bonchev–Trinajstić information content (AvgIpc) is 3.42. The predicted octanol–water partition coefficient (Wildman–Crippen LogP) is 6.96. The van der Waals surface area contributed by atoms with Crippen LogP contribution < -0.4 is 4.74 Å². The van der Waals surface area contributed by atoms with Gasteiger partial charge in [-0.1, -0.05) is 36.2 Å². The van der Waals surface area contributed by atoms with Gasteiger partial charge in [-0.25, -0.2) is 9.48 Å². The second-order valence-electron chi connectivity index (χ2n) is 10.8. The van der Waals surface area contributed by atoms with Crippen LogP contribution in [0, 0.1) is 6.92 Å². The highest BCUT2D eigenvalue weighted by atomic mass is 16.8. The van der Waals surface area contributed by atoms with Gasteiger partial charge in [0, 0.05) is 5.56 Å². The summed E-state index contributed by atoms with van der Waals surface area (Å²) in [7, 11) is 1.64. The van der Waals surface area contributed by atoms with E-state index >= 15 is 0 Å². The lowest BCUT2D eigenvalue weighted by atomic mass is 9.81. The molecule has 0 amide bonds. The molecule has 0 saturated heterocycles. The van der Waals surface area contributed by atoms with Crippen LogP contribution >= 0.6 is 0 Å². The SMILES string of the molecule is C=C(OC(=O)OC1CCCCC1)OC1CCC(O)(c2cc(-c3ccc(C)cc3)n(-c3ccc(OC)cc3)n2)CC1. The van der Waals surface area contributed by atoms with Crippen LogP contribution in [0.2, 0.25) is 0 Å². The number of rotatable bonds is 8. The molecule has 0 atom stereocenters. The van der Waals surface area contributed by atoms with E-state index in [0.717, 1.165) is 48.4 Å². The van der Waals surface area contributed by atoms with E-state index in [1.807, 2.05) is 35.0 Å². The number of hydrogen-bond donors (Lipinski definition) is 1. The zero-order valence-electron chi connectivity index (χ0n) is 23.3. The summed E-state index contributed by atoms with van der Waals surface area (Å²) >= 11 is 0. The first-order valence-corrected chi connectivity index (χ1v) is 14.1. The van der Waals surface area contributed by atoms with Gasteiger partial charge in [-0.05, 0) is 95.2 Å². The Balaban J connectivity index is 1.26. The Morgan fingerprint density at radius 2 is 1.60 bits per heavy atom. The second kappa shape index (κ2) is 12.2. The molecule has 40 heavy (non-hydrogen) atoms. The molecule has 0 radical (unpaired) electrons. The van der Waals surface area contributed by atoms with Gasteiger partial charge in [-0.2, -0.15) is 5.10 Å². The molecule has 8 nitrogen and oxygen atoms in total. The standard InChI is InChI=1S/C32H38N2O6/c1-22-9-11-24(12-10-22)29-21-30(33-34(29)25-13-15-26(37-3)16-14-25)32(36)19-17-28(18-20-32)38-23(2)39-31(35)40-27-7-5-4-6-8-27/h9-16,21,27-28,36H,2,4-8,17-20H2,1,3H3. The second-order valence-corrected chi connectivity index (χ2v) is 10.8. The van der Waals surface area contributed by atoms with E-state index < -0.39 is 11.8 Å². The molecule has 8 heteroatoms. The van der Waals surface area contributed by atoms with E-state index in [9.17, 15) is 9.90 Å². The van der Waals surface area contributed by atoms with Gasteiger partial charge in [0.2, 0.25) is 0 Å². The van der Waals surface area contributed by atoms with Crippen LogP contribution in [0.1, 0.15) is 69.0 Å². The van der Waals surface area contributed by atoms with Gasteiger partial charge in [0.25, 0.3) is 5.95 Å². The van der Waals surface area contributed by atoms with Crippen molar-refractivity contribution < 1.29 is 28.8 Å². The number of aryl methyl sites for hydroxylation is 1. The summed E-state index contributed by atoms with van der Waals surface area (Å²) in [6.45, 7) is 5.80. The molecular weight excluding hydrogens is 508 g/mol. The fourth-order valence-corrected chi connectivity index (χ4v) is 5.55. The lowest BCUT2D eigenvalue weighted by Gasteiger charge is -2.34. The molecule has 1 N–H and O–H groups in total. The fourth-order valence-electron chi connectivity index (χ4n) is 5.55. The summed E-state index contributed by atoms with van der Waals surface area (Å²) in [5, 5.41) is 16.6. The molecule has 0 spiro atoms. The molecule has 5 rings (SSSR count). The lowest BCUT2D eigenvalue weighted by Crippen LogP contribution is -2.35. The summed E-state index contributed by atoms with van der Waals surface area (Å²) in [6, 6.07) is 17.9. The zero-order valence-corrected chi connectivity index (χ0v) is 23.3. The quantitative estimate of drug-likeness (QED) is 0.241. The van der Waals surface area contributed by atoms with Gasteiger partial charge >= 0.3 is 6.16 Å². The first-order valence-electron chi connectivity index (χ1n) is 14.1. The molecule has 0 aliphatic heterocycles. The maximum atomic E-state index is 12.1. The van der Waals surface area contributed by atoms with Crippen LogP contribution in [-0.4, -0.2) is 40.4 Å². The summed E-state index contributed by atoms with van der Waals surface area (Å²) in [5.74, 6) is 0.694. The molecule has 1 aromatic heterocycles. The average molecular weight is 547 g/mol. The largest absolute Gasteiger partial charge is 0.516 e. The summed E-state index contributed by atoms with van der Waals surface area (Å²) in [5.41, 5.74) is 3.45. The van der Waals surface area contributed by atoms with Crippen molar-refractivity contribution in [2.45, 2.75) is 82.5 Å². The Bertz CT molecular complexity index is 1300. The Labute approximate surface area is 235 Å². The highest BCUT2D eigenvalue weighted by Gasteiger charge is 2.39. The molecule has 2 fully saturated rings. The number of methoxy groups -OCH3 is 1. The maximum Gasteiger partial charge on any atom is 0.516 e. The minimum Gasteiger partial charge on any atom is -0.497 e. The topological polar surface area (TPSA) is 92.0 Å². The normalized spacial score (nSPS) is 21.4. The van der Waals surface area contributed by atoms with Gasteiger partial charge < -0.3 is 24.1 Å². The molecule has 2 saturated carbocycles. The third-order valence-electron chi connectivity index (χ3n) is 7.92. The van der Waals surface area contributed by atoms with Gasteiger partial charge in [0.05, 0.1) is 24.2 Å². The van der Waals surface area contributed by atoms with Crippen LogP contribution in [0.4, 0.5) is 4.79 Å². The summed E-state index contributed by atoms with van der Waals surface area (Å²) in [6.07, 6.45) is 5.96. The van der Waals surface area contributed by atoms with Crippen molar-refractivity contribution in [3.8, 4) is 22.7 Å². The molecular formula is C32H38N2O6. The smallest absolute Gasteiger partial charge is 0.497 e. The Kier molecular flexibility index (Phi) is 8.45. The lowest BCUT2D eigenvalue weighted by molar-refractivity contribution is -0.0736. The van der Waals surface area contributed by atoms with Crippen molar-refractivity contribution in [1.29, 1.82) is 0 Å². The number of carbonyl (C=O) groups is 1. The van der Waals surface area contributed by atoms with Crippen LogP contribution in [0.15, 0.2) is 67.1 Å². The third-order valence-corrected chi connectivity index (χ3v) is 7.92. The maximum absolute atomic E-state index is 12.1. The van der Waals surface area contributed by atoms with E-state index in [0.29, 0.717) is 31.4 Å². The molecule has 1 heterocycles. The van der Waals surface area contributed by atoms with Crippen LogP contribution in [0.25, 0.3) is 16.9 Å². The fraction of sp³-hybridized carbons (Fsp3) is 0.438. The van der Waals surface area contributed by atoms with Crippen molar-refractivity contribution in [2.75, 3.05) is 7.11 Å². The van der Waals surface area contributed by atoms with Crippen LogP contribution in [0.5, 0.6) is 5.75 Å². The number of aromatic nitrogens is 2. The highest BCUT2D eigenvalue weighted by molar-refractivity contribution is 5.64. The molecule has 212 valence electrons. The van der Waals surface area contributed by atoms with E-state index in [2.05, 4.69) is 37.8 Å². The van der Waals surface area contributed by atoms with Crippen molar-refractivity contribution in [1.82, 2.24) is 9.78 Å². The number of benzene rings is 2. The first-order chi connectivity index (χ1) is 19.3. The van der Waals surface area contributed by atoms with Crippen LogP contribution in [-0.2, 0) is 19.8 Å². The Hall–Kier alpha value is -3.78. The van der Waals surface area contributed by atoms with E-state index in [4.69, 9.17) is 24.0 Å². The number of hydrogen-bond acceptors (Lipinski definition) is 7. The highest BCUT2D eigenvalue weighted by Crippen LogP contribution is 2.40. The molecule has 0 bridgehead atoms. The summed E-state index contributed by atoms with van der Waals surface area (Å²) in [4.78, 5) is 12.1. The van der Waals surface area contributed by atoms with Gasteiger partial charge in [-0.15, -0.1) is 0 Å². The van der Waals surface area contributed by atoms with E-state index in [1.54, 1.807) is 7.11 Å². The zero-order chi connectivity index (χ0) is 28.1. The molecule has 2 aliphatic carbocycles. The Morgan fingerprint density at radius 1 is 0.950 bits per heavy atom. The van der Waals surface area contributed by atoms with E-state index in [1.165, 1.54) is 12.0 Å². The van der Waals surface area contributed by atoms with Crippen molar-refractivity contribution in [2.24, 2.45) is 0 Å². The number of aliphatic hydroxyl groups is 1. The molecule has 3 aromatic rings. The number of ether oxygens (including phenoxy) is 4. The minimum atomic E-state index is -1.11. The van der Waals surface area contributed by atoms with E-state index in [-0.39, 0.29) is 18.2 Å². The van der Waals surface area contributed by atoms with Gasteiger partial charge in [0.1, 0.15) is 23.6 Å². The van der Waals surface area contributed by atoms with Crippen molar-refractivity contribution in [3.63, 3.8) is 0 Å². The van der Waals surface area contributed by atoms with Gasteiger partial charge in [0.15, 0.2) is 0 Å². The van der Waals surface area contributed by atoms with Gasteiger partial charge in [-0.3, -0.25) is 0 Å². The number of nitrogens with zero attached hydrogens (tertiary/aromatic N) is 2. The number of carbonyl (C=O) groups excluding carboxylic acids is 1. The third kappa shape index (κ3) is 6.50. The first kappa shape index (κ1) is 27.8. The molecule has 2 aromatic carbocycles. The van der Waals surface area contributed by atoms with Crippen molar-refractivity contribution >= 4 is 6.16 Å². The molecule has 2 aliphatic rings.